The lowest BCUT2D eigenvalue weighted by Gasteiger charge is -2.40. The zero-order chi connectivity index (χ0) is 23.9. The molecule has 0 aromatic heterocycles. The lowest BCUT2D eigenvalue weighted by Crippen LogP contribution is -2.51. The third-order valence-electron chi connectivity index (χ3n) is 7.04. The van der Waals surface area contributed by atoms with Gasteiger partial charge >= 0.3 is 0 Å². The van der Waals surface area contributed by atoms with Crippen LogP contribution in [0, 0.1) is 5.82 Å². The van der Waals surface area contributed by atoms with Gasteiger partial charge in [0, 0.05) is 25.7 Å². The molecule has 2 atom stereocenters. The Balaban J connectivity index is 1.67. The van der Waals surface area contributed by atoms with Crippen LogP contribution in [0.1, 0.15) is 78.5 Å². The standard InChI is InChI=1S/C28H35FN2O3/c1-30-18-9-3-2-4-10-19-31(27(32)21-12-11-13-22(29)20-21)24-15-6-8-17-26(24)34-25-16-7-5-14-23(25)28(30)33/h5,7,11-14,16,20,24,26H,2-4,6,8-10,15,17-19H2,1H3/t24-,26+/m1/s1. The number of ether oxygens (including phenoxy) is 1. The van der Waals surface area contributed by atoms with Gasteiger partial charge < -0.3 is 14.5 Å². The Kier molecular flexibility index (Phi) is 8.20. The van der Waals surface area contributed by atoms with Crippen LogP contribution in [-0.2, 0) is 0 Å². The first-order valence-corrected chi connectivity index (χ1v) is 12.6. The number of hydrogen-bond donors (Lipinski definition) is 0. The van der Waals surface area contributed by atoms with E-state index in [4.69, 9.17) is 4.74 Å². The molecule has 0 N–H and O–H groups in total. The van der Waals surface area contributed by atoms with Gasteiger partial charge in [0.1, 0.15) is 17.7 Å². The molecule has 6 heteroatoms. The Morgan fingerprint density at radius 1 is 0.912 bits per heavy atom. The lowest BCUT2D eigenvalue weighted by molar-refractivity contribution is 0.0270. The van der Waals surface area contributed by atoms with Crippen LogP contribution >= 0.6 is 0 Å². The molecule has 0 saturated heterocycles. The Hall–Kier alpha value is -2.89. The summed E-state index contributed by atoms with van der Waals surface area (Å²) in [7, 11) is 1.85. The summed E-state index contributed by atoms with van der Waals surface area (Å²) in [5.41, 5.74) is 0.937. The predicted molar refractivity (Wildman–Crippen MR) is 131 cm³/mol. The van der Waals surface area contributed by atoms with E-state index in [9.17, 15) is 14.0 Å². The zero-order valence-electron chi connectivity index (χ0n) is 20.0. The smallest absolute Gasteiger partial charge is 0.257 e. The van der Waals surface area contributed by atoms with Gasteiger partial charge in [-0.25, -0.2) is 4.39 Å². The van der Waals surface area contributed by atoms with Gasteiger partial charge in [-0.15, -0.1) is 0 Å². The second-order valence-electron chi connectivity index (χ2n) is 9.51. The number of benzene rings is 2. The SMILES string of the molecule is CN1CCCCCCCN(C(=O)c2cccc(F)c2)[C@@H]2CCCC[C@@H]2Oc2ccccc2C1=O. The van der Waals surface area contributed by atoms with E-state index in [0.29, 0.717) is 30.0 Å². The van der Waals surface area contributed by atoms with Crippen molar-refractivity contribution in [2.75, 3.05) is 20.1 Å². The molecule has 2 aromatic rings. The number of hydrogen-bond acceptors (Lipinski definition) is 3. The Morgan fingerprint density at radius 3 is 2.47 bits per heavy atom. The number of amides is 2. The molecule has 1 saturated carbocycles. The van der Waals surface area contributed by atoms with Gasteiger partial charge in [0.15, 0.2) is 0 Å². The molecule has 182 valence electrons. The van der Waals surface area contributed by atoms with Crippen molar-refractivity contribution >= 4 is 11.8 Å². The summed E-state index contributed by atoms with van der Waals surface area (Å²) in [6.07, 6.45) is 8.43. The molecule has 1 aliphatic carbocycles. The van der Waals surface area contributed by atoms with Crippen LogP contribution in [0.5, 0.6) is 5.75 Å². The molecule has 0 bridgehead atoms. The largest absolute Gasteiger partial charge is 0.487 e. The first kappa shape index (κ1) is 24.2. The molecule has 1 fully saturated rings. The van der Waals surface area contributed by atoms with Gasteiger partial charge in [0.25, 0.3) is 11.8 Å². The summed E-state index contributed by atoms with van der Waals surface area (Å²) >= 11 is 0. The molecule has 2 aliphatic rings. The molecule has 5 nitrogen and oxygen atoms in total. The van der Waals surface area contributed by atoms with Crippen molar-refractivity contribution in [1.82, 2.24) is 9.80 Å². The zero-order valence-corrected chi connectivity index (χ0v) is 20.0. The summed E-state index contributed by atoms with van der Waals surface area (Å²) in [5, 5.41) is 0. The van der Waals surface area contributed by atoms with E-state index in [1.54, 1.807) is 17.0 Å². The van der Waals surface area contributed by atoms with Gasteiger partial charge in [0.2, 0.25) is 0 Å². The van der Waals surface area contributed by atoms with Crippen LogP contribution in [0.3, 0.4) is 0 Å². The van der Waals surface area contributed by atoms with Gasteiger partial charge in [0.05, 0.1) is 11.6 Å². The van der Waals surface area contributed by atoms with Crippen LogP contribution in [0.2, 0.25) is 0 Å². The van der Waals surface area contributed by atoms with Crippen LogP contribution in [-0.4, -0.2) is 53.9 Å². The van der Waals surface area contributed by atoms with Crippen LogP contribution in [0.25, 0.3) is 0 Å². The Morgan fingerprint density at radius 2 is 1.65 bits per heavy atom. The van der Waals surface area contributed by atoms with Crippen LogP contribution in [0.15, 0.2) is 48.5 Å². The van der Waals surface area contributed by atoms with Crippen LogP contribution < -0.4 is 4.74 Å². The Labute approximate surface area is 201 Å². The van der Waals surface area contributed by atoms with Crippen molar-refractivity contribution in [1.29, 1.82) is 0 Å². The molecule has 2 aromatic carbocycles. The summed E-state index contributed by atoms with van der Waals surface area (Å²) < 4.78 is 20.4. The van der Waals surface area contributed by atoms with E-state index in [0.717, 1.165) is 57.8 Å². The molecular weight excluding hydrogens is 431 g/mol. The average Bonchev–Trinajstić information content (AvgIpc) is 2.85. The number of halogens is 1. The Bertz CT molecular complexity index is 995. The highest BCUT2D eigenvalue weighted by Crippen LogP contribution is 2.31. The summed E-state index contributed by atoms with van der Waals surface area (Å²) in [6.45, 7) is 1.34. The second kappa shape index (κ2) is 11.5. The minimum atomic E-state index is -0.405. The topological polar surface area (TPSA) is 49.9 Å². The molecule has 0 radical (unpaired) electrons. The van der Waals surface area contributed by atoms with E-state index < -0.39 is 5.82 Å². The van der Waals surface area contributed by atoms with Crippen molar-refractivity contribution in [3.8, 4) is 5.75 Å². The van der Waals surface area contributed by atoms with E-state index in [2.05, 4.69) is 0 Å². The molecule has 1 heterocycles. The van der Waals surface area contributed by atoms with Gasteiger partial charge in [-0.1, -0.05) is 43.9 Å². The highest BCUT2D eigenvalue weighted by atomic mass is 19.1. The molecule has 34 heavy (non-hydrogen) atoms. The number of rotatable bonds is 1. The molecule has 1 aliphatic heterocycles. The lowest BCUT2D eigenvalue weighted by atomic mass is 9.90. The normalized spacial score (nSPS) is 22.6. The van der Waals surface area contributed by atoms with Crippen molar-refractivity contribution in [2.24, 2.45) is 0 Å². The predicted octanol–water partition coefficient (Wildman–Crippen LogP) is 5.69. The summed E-state index contributed by atoms with van der Waals surface area (Å²) in [5.74, 6) is -0.0135. The summed E-state index contributed by atoms with van der Waals surface area (Å²) in [6, 6.07) is 13.3. The third-order valence-corrected chi connectivity index (χ3v) is 7.04. The van der Waals surface area contributed by atoms with Crippen molar-refractivity contribution in [3.63, 3.8) is 0 Å². The van der Waals surface area contributed by atoms with E-state index in [-0.39, 0.29) is 24.0 Å². The first-order valence-electron chi connectivity index (χ1n) is 12.6. The van der Waals surface area contributed by atoms with Gasteiger partial charge in [-0.3, -0.25) is 9.59 Å². The number of carbonyl (C=O) groups is 2. The van der Waals surface area contributed by atoms with E-state index in [1.165, 1.54) is 12.1 Å². The molecule has 4 rings (SSSR count). The van der Waals surface area contributed by atoms with Crippen LogP contribution in [0.4, 0.5) is 4.39 Å². The number of carbonyl (C=O) groups excluding carboxylic acids is 2. The van der Waals surface area contributed by atoms with Crippen molar-refractivity contribution in [2.45, 2.75) is 69.9 Å². The average molecular weight is 467 g/mol. The fraction of sp³-hybridized carbons (Fsp3) is 0.500. The van der Waals surface area contributed by atoms with Crippen molar-refractivity contribution < 1.29 is 18.7 Å². The van der Waals surface area contributed by atoms with E-state index in [1.807, 2.05) is 36.2 Å². The highest BCUT2D eigenvalue weighted by Gasteiger charge is 2.35. The first-order chi connectivity index (χ1) is 16.5. The maximum absolute atomic E-state index is 13.9. The number of para-hydroxylation sites is 1. The minimum Gasteiger partial charge on any atom is -0.487 e. The van der Waals surface area contributed by atoms with Gasteiger partial charge in [-0.05, 0) is 62.4 Å². The number of nitrogens with zero attached hydrogens (tertiary/aromatic N) is 2. The fourth-order valence-electron chi connectivity index (χ4n) is 5.15. The minimum absolute atomic E-state index is 0.0366. The fourth-order valence-corrected chi connectivity index (χ4v) is 5.15. The number of fused-ring (bicyclic) bond motifs is 2. The molecule has 0 spiro atoms. The second-order valence-corrected chi connectivity index (χ2v) is 9.51. The maximum Gasteiger partial charge on any atom is 0.257 e. The highest BCUT2D eigenvalue weighted by molar-refractivity contribution is 5.97. The molecule has 2 amide bonds. The third kappa shape index (κ3) is 5.78. The quantitative estimate of drug-likeness (QED) is 0.542. The molecular formula is C28H35FN2O3. The maximum atomic E-state index is 13.9. The monoisotopic (exact) mass is 466 g/mol. The van der Waals surface area contributed by atoms with E-state index >= 15 is 0 Å². The summed E-state index contributed by atoms with van der Waals surface area (Å²) in [4.78, 5) is 30.4. The molecule has 0 unspecified atom stereocenters. The van der Waals surface area contributed by atoms with Gasteiger partial charge in [-0.2, -0.15) is 0 Å². The van der Waals surface area contributed by atoms with Crippen molar-refractivity contribution in [3.05, 3.63) is 65.5 Å².